The number of carbonyl (C=O) groups is 2. The van der Waals surface area contributed by atoms with Gasteiger partial charge in [-0.1, -0.05) is 0 Å². The third-order valence-corrected chi connectivity index (χ3v) is 5.73. The molecule has 7 nitrogen and oxygen atoms in total. The number of amides is 2. The fourth-order valence-corrected chi connectivity index (χ4v) is 4.10. The zero-order valence-electron chi connectivity index (χ0n) is 16.1. The Kier molecular flexibility index (Phi) is 5.96. The Bertz CT molecular complexity index is 664. The van der Waals surface area contributed by atoms with Crippen molar-refractivity contribution in [2.75, 3.05) is 26.3 Å². The molecule has 144 valence electrons. The van der Waals surface area contributed by atoms with E-state index >= 15 is 0 Å². The molecular formula is C19H30N4O3. The van der Waals surface area contributed by atoms with E-state index in [-0.39, 0.29) is 23.8 Å². The predicted molar refractivity (Wildman–Crippen MR) is 97.7 cm³/mol. The number of aryl methyl sites for hydroxylation is 2. The minimum Gasteiger partial charge on any atom is -0.378 e. The van der Waals surface area contributed by atoms with Gasteiger partial charge in [0.15, 0.2) is 0 Å². The Hall–Kier alpha value is -1.89. The minimum absolute atomic E-state index is 0.0428. The molecule has 3 rings (SSSR count). The van der Waals surface area contributed by atoms with Crippen molar-refractivity contribution in [3.05, 3.63) is 17.0 Å². The molecule has 1 saturated heterocycles. The van der Waals surface area contributed by atoms with Crippen LogP contribution in [0.3, 0.4) is 0 Å². The van der Waals surface area contributed by atoms with E-state index in [0.29, 0.717) is 39.1 Å². The van der Waals surface area contributed by atoms with Gasteiger partial charge < -0.3 is 15.0 Å². The van der Waals surface area contributed by atoms with Gasteiger partial charge in [-0.15, -0.1) is 0 Å². The van der Waals surface area contributed by atoms with E-state index in [0.717, 1.165) is 36.2 Å². The third kappa shape index (κ3) is 4.26. The number of nitrogens with one attached hydrogen (secondary N) is 1. The maximum Gasteiger partial charge on any atom is 0.225 e. The lowest BCUT2D eigenvalue weighted by Crippen LogP contribution is -2.43. The van der Waals surface area contributed by atoms with Crippen LogP contribution in [0.15, 0.2) is 0 Å². The summed E-state index contributed by atoms with van der Waals surface area (Å²) in [6.07, 6.45) is 3.68. The largest absolute Gasteiger partial charge is 0.378 e. The maximum absolute atomic E-state index is 12.6. The standard InChI is InChI=1S/C19H30N4O3/c1-13-17(14(2)22(3)21-13)6-7-18(24)20-16-5-4-15(12-16)19(25)23-8-10-26-11-9-23/h15-16H,4-12H2,1-3H3,(H,20,24)/t15-,16+/m0/s1. The van der Waals surface area contributed by atoms with Crippen LogP contribution in [-0.2, 0) is 27.8 Å². The molecule has 0 unspecified atom stereocenters. The summed E-state index contributed by atoms with van der Waals surface area (Å²) in [6, 6.07) is 0.119. The first-order valence-electron chi connectivity index (χ1n) is 9.60. The molecule has 2 aliphatic rings. The Balaban J connectivity index is 1.44. The van der Waals surface area contributed by atoms with Crippen LogP contribution in [0.1, 0.15) is 42.6 Å². The molecule has 0 bridgehead atoms. The van der Waals surface area contributed by atoms with Gasteiger partial charge in [0.1, 0.15) is 0 Å². The number of hydrogen-bond donors (Lipinski definition) is 1. The van der Waals surface area contributed by atoms with Crippen molar-refractivity contribution in [3.8, 4) is 0 Å². The summed E-state index contributed by atoms with van der Waals surface area (Å²) in [5, 5.41) is 7.52. The monoisotopic (exact) mass is 362 g/mol. The summed E-state index contributed by atoms with van der Waals surface area (Å²) in [7, 11) is 1.93. The molecule has 26 heavy (non-hydrogen) atoms. The van der Waals surface area contributed by atoms with Crippen molar-refractivity contribution in [1.29, 1.82) is 0 Å². The van der Waals surface area contributed by atoms with Gasteiger partial charge >= 0.3 is 0 Å². The van der Waals surface area contributed by atoms with Crippen LogP contribution < -0.4 is 5.32 Å². The van der Waals surface area contributed by atoms with E-state index in [1.807, 2.05) is 30.5 Å². The van der Waals surface area contributed by atoms with Gasteiger partial charge in [-0.25, -0.2) is 0 Å². The molecule has 2 heterocycles. The molecule has 1 aromatic heterocycles. The van der Waals surface area contributed by atoms with Gasteiger partial charge in [0.05, 0.1) is 18.9 Å². The molecule has 1 aliphatic heterocycles. The van der Waals surface area contributed by atoms with Crippen LogP contribution in [0.4, 0.5) is 0 Å². The molecule has 1 saturated carbocycles. The Morgan fingerprint density at radius 1 is 1.23 bits per heavy atom. The molecule has 0 radical (unpaired) electrons. The Morgan fingerprint density at radius 2 is 1.96 bits per heavy atom. The summed E-state index contributed by atoms with van der Waals surface area (Å²) >= 11 is 0. The average molecular weight is 362 g/mol. The van der Waals surface area contributed by atoms with Crippen LogP contribution >= 0.6 is 0 Å². The molecule has 2 fully saturated rings. The normalized spacial score (nSPS) is 23.3. The van der Waals surface area contributed by atoms with Crippen molar-refractivity contribution in [1.82, 2.24) is 20.0 Å². The van der Waals surface area contributed by atoms with Gasteiger partial charge in [-0.2, -0.15) is 5.10 Å². The number of carbonyl (C=O) groups excluding carboxylic acids is 2. The van der Waals surface area contributed by atoms with E-state index in [9.17, 15) is 9.59 Å². The van der Waals surface area contributed by atoms with Crippen molar-refractivity contribution >= 4 is 11.8 Å². The van der Waals surface area contributed by atoms with Gasteiger partial charge in [-0.05, 0) is 45.1 Å². The highest BCUT2D eigenvalue weighted by atomic mass is 16.5. The second-order valence-electron chi connectivity index (χ2n) is 7.49. The smallest absolute Gasteiger partial charge is 0.225 e. The van der Waals surface area contributed by atoms with Crippen LogP contribution in [-0.4, -0.2) is 58.8 Å². The van der Waals surface area contributed by atoms with Crippen molar-refractivity contribution in [2.45, 2.75) is 52.0 Å². The molecule has 7 heteroatoms. The number of hydrogen-bond acceptors (Lipinski definition) is 4. The summed E-state index contributed by atoms with van der Waals surface area (Å²) < 4.78 is 7.17. The van der Waals surface area contributed by atoms with Crippen LogP contribution in [0, 0.1) is 19.8 Å². The zero-order valence-corrected chi connectivity index (χ0v) is 16.1. The van der Waals surface area contributed by atoms with Gasteiger partial charge in [0.2, 0.25) is 11.8 Å². The van der Waals surface area contributed by atoms with Crippen LogP contribution in [0.25, 0.3) is 0 Å². The van der Waals surface area contributed by atoms with Gasteiger partial charge in [0.25, 0.3) is 0 Å². The summed E-state index contributed by atoms with van der Waals surface area (Å²) in [5.41, 5.74) is 3.27. The Morgan fingerprint density at radius 3 is 2.62 bits per heavy atom. The quantitative estimate of drug-likeness (QED) is 0.851. The van der Waals surface area contributed by atoms with E-state index in [4.69, 9.17) is 4.74 Å². The van der Waals surface area contributed by atoms with Crippen molar-refractivity contribution in [2.24, 2.45) is 13.0 Å². The number of rotatable bonds is 5. The van der Waals surface area contributed by atoms with Crippen molar-refractivity contribution < 1.29 is 14.3 Å². The zero-order chi connectivity index (χ0) is 18.7. The number of nitrogens with zero attached hydrogens (tertiary/aromatic N) is 3. The average Bonchev–Trinajstić information content (AvgIpc) is 3.18. The first-order valence-corrected chi connectivity index (χ1v) is 9.60. The minimum atomic E-state index is 0.0428. The summed E-state index contributed by atoms with van der Waals surface area (Å²) in [5.74, 6) is 0.338. The lowest BCUT2D eigenvalue weighted by Gasteiger charge is -2.29. The SMILES string of the molecule is Cc1nn(C)c(C)c1CCC(=O)N[C@@H]1CC[C@H](C(=O)N2CCOCC2)C1. The molecule has 2 amide bonds. The molecule has 1 aliphatic carbocycles. The highest BCUT2D eigenvalue weighted by Crippen LogP contribution is 2.28. The number of ether oxygens (including phenoxy) is 1. The van der Waals surface area contributed by atoms with Crippen molar-refractivity contribution in [3.63, 3.8) is 0 Å². The summed E-state index contributed by atoms with van der Waals surface area (Å²) in [4.78, 5) is 26.8. The highest BCUT2D eigenvalue weighted by molar-refractivity contribution is 5.80. The molecule has 2 atom stereocenters. The van der Waals surface area contributed by atoms with E-state index < -0.39 is 0 Å². The van der Waals surface area contributed by atoms with Crippen LogP contribution in [0.2, 0.25) is 0 Å². The lowest BCUT2D eigenvalue weighted by atomic mass is 10.1. The predicted octanol–water partition coefficient (Wildman–Crippen LogP) is 1.11. The first-order chi connectivity index (χ1) is 12.5. The fraction of sp³-hybridized carbons (Fsp3) is 0.737. The topological polar surface area (TPSA) is 76.5 Å². The third-order valence-electron chi connectivity index (χ3n) is 5.73. The van der Waals surface area contributed by atoms with Crippen LogP contribution in [0.5, 0.6) is 0 Å². The number of morpholine rings is 1. The Labute approximate surface area is 155 Å². The van der Waals surface area contributed by atoms with Gasteiger partial charge in [0, 0.05) is 44.2 Å². The second kappa shape index (κ2) is 8.20. The summed E-state index contributed by atoms with van der Waals surface area (Å²) in [6.45, 7) is 6.66. The molecular weight excluding hydrogens is 332 g/mol. The van der Waals surface area contributed by atoms with E-state index in [1.165, 1.54) is 0 Å². The molecule has 0 spiro atoms. The fourth-order valence-electron chi connectivity index (χ4n) is 4.10. The highest BCUT2D eigenvalue weighted by Gasteiger charge is 2.33. The molecule has 1 N–H and O–H groups in total. The first kappa shape index (κ1) is 18.9. The maximum atomic E-state index is 12.6. The van der Waals surface area contributed by atoms with E-state index in [1.54, 1.807) is 0 Å². The number of aromatic nitrogens is 2. The lowest BCUT2D eigenvalue weighted by molar-refractivity contribution is -0.139. The van der Waals surface area contributed by atoms with Gasteiger partial charge in [-0.3, -0.25) is 14.3 Å². The second-order valence-corrected chi connectivity index (χ2v) is 7.49. The van der Waals surface area contributed by atoms with E-state index in [2.05, 4.69) is 10.4 Å². The molecule has 0 aromatic carbocycles. The molecule has 1 aromatic rings.